The van der Waals surface area contributed by atoms with E-state index in [1.807, 2.05) is 23.7 Å². The second-order valence-electron chi connectivity index (χ2n) is 5.23. The molecule has 2 aromatic heterocycles. The molecule has 1 unspecified atom stereocenters. The zero-order valence-electron chi connectivity index (χ0n) is 13.2. The van der Waals surface area contributed by atoms with Gasteiger partial charge in [-0.2, -0.15) is 0 Å². The molecule has 7 heteroatoms. The summed E-state index contributed by atoms with van der Waals surface area (Å²) in [5.41, 5.74) is 1.39. The third-order valence-electron chi connectivity index (χ3n) is 3.55. The Labute approximate surface area is 143 Å². The molecule has 122 valence electrons. The predicted molar refractivity (Wildman–Crippen MR) is 90.3 cm³/mol. The molecule has 2 heterocycles. The second kappa shape index (κ2) is 6.92. The van der Waals surface area contributed by atoms with Crippen LogP contribution in [0, 0.1) is 5.82 Å². The van der Waals surface area contributed by atoms with Crippen LogP contribution in [0.15, 0.2) is 53.9 Å². The predicted octanol–water partition coefficient (Wildman–Crippen LogP) is 3.38. The SMILES string of the molecule is CC(Sc1nnc(-c2ccncc2)n1C)C(=O)c1ccc(F)cc1. The van der Waals surface area contributed by atoms with E-state index in [4.69, 9.17) is 0 Å². The lowest BCUT2D eigenvalue weighted by molar-refractivity contribution is 0.0994. The Bertz CT molecular complexity index is 849. The van der Waals surface area contributed by atoms with E-state index in [1.54, 1.807) is 19.3 Å². The summed E-state index contributed by atoms with van der Waals surface area (Å²) in [4.78, 5) is 16.4. The van der Waals surface area contributed by atoms with Crippen molar-refractivity contribution in [2.75, 3.05) is 0 Å². The largest absolute Gasteiger partial charge is 0.305 e. The molecule has 1 atom stereocenters. The number of benzene rings is 1. The van der Waals surface area contributed by atoms with Gasteiger partial charge >= 0.3 is 0 Å². The Kier molecular flexibility index (Phi) is 4.71. The molecule has 0 saturated carbocycles. The Morgan fingerprint density at radius 3 is 2.46 bits per heavy atom. The van der Waals surface area contributed by atoms with E-state index >= 15 is 0 Å². The molecular formula is C17H15FN4OS. The van der Waals surface area contributed by atoms with E-state index < -0.39 is 0 Å². The highest BCUT2D eigenvalue weighted by Crippen LogP contribution is 2.27. The van der Waals surface area contributed by atoms with Crippen molar-refractivity contribution in [3.05, 3.63) is 60.2 Å². The van der Waals surface area contributed by atoms with Crippen molar-refractivity contribution in [3.63, 3.8) is 0 Å². The maximum absolute atomic E-state index is 13.0. The molecule has 0 bridgehead atoms. The average Bonchev–Trinajstić information content (AvgIpc) is 2.96. The molecule has 0 N–H and O–H groups in total. The number of carbonyl (C=O) groups excluding carboxylic acids is 1. The van der Waals surface area contributed by atoms with Gasteiger partial charge in [-0.3, -0.25) is 9.78 Å². The lowest BCUT2D eigenvalue weighted by Gasteiger charge is -2.10. The van der Waals surface area contributed by atoms with E-state index in [1.165, 1.54) is 36.0 Å². The molecule has 0 radical (unpaired) electrons. The highest BCUT2D eigenvalue weighted by Gasteiger charge is 2.20. The van der Waals surface area contributed by atoms with Crippen LogP contribution in [0.1, 0.15) is 17.3 Å². The quantitative estimate of drug-likeness (QED) is 0.525. The molecule has 0 saturated heterocycles. The monoisotopic (exact) mass is 342 g/mol. The van der Waals surface area contributed by atoms with Crippen LogP contribution in [0.2, 0.25) is 0 Å². The van der Waals surface area contributed by atoms with Gasteiger partial charge in [0.2, 0.25) is 0 Å². The van der Waals surface area contributed by atoms with Gasteiger partial charge in [0.25, 0.3) is 0 Å². The van der Waals surface area contributed by atoms with Gasteiger partial charge in [0.05, 0.1) is 5.25 Å². The van der Waals surface area contributed by atoms with E-state index in [2.05, 4.69) is 15.2 Å². The number of Topliss-reactive ketones (excluding diaryl/α,β-unsaturated/α-hetero) is 1. The summed E-state index contributed by atoms with van der Waals surface area (Å²) < 4.78 is 14.8. The Morgan fingerprint density at radius 2 is 1.79 bits per heavy atom. The van der Waals surface area contributed by atoms with Gasteiger partial charge in [-0.05, 0) is 43.3 Å². The van der Waals surface area contributed by atoms with Gasteiger partial charge in [0.1, 0.15) is 5.82 Å². The molecular weight excluding hydrogens is 327 g/mol. The molecule has 3 rings (SSSR count). The number of pyridine rings is 1. The zero-order valence-corrected chi connectivity index (χ0v) is 14.0. The number of halogens is 1. The molecule has 0 aliphatic carbocycles. The normalized spacial score (nSPS) is 12.1. The summed E-state index contributed by atoms with van der Waals surface area (Å²) in [5, 5.41) is 8.64. The van der Waals surface area contributed by atoms with Gasteiger partial charge in [-0.1, -0.05) is 11.8 Å². The third-order valence-corrected chi connectivity index (χ3v) is 4.69. The summed E-state index contributed by atoms with van der Waals surface area (Å²) in [6, 6.07) is 9.27. The number of hydrogen-bond acceptors (Lipinski definition) is 5. The lowest BCUT2D eigenvalue weighted by atomic mass is 10.1. The molecule has 0 amide bonds. The molecule has 0 aliphatic rings. The van der Waals surface area contributed by atoms with Crippen molar-refractivity contribution in [1.29, 1.82) is 0 Å². The molecule has 0 aliphatic heterocycles. The summed E-state index contributed by atoms with van der Waals surface area (Å²) in [6.45, 7) is 1.80. The lowest BCUT2D eigenvalue weighted by Crippen LogP contribution is -2.14. The molecule has 3 aromatic rings. The fourth-order valence-electron chi connectivity index (χ4n) is 2.23. The number of ketones is 1. The fraction of sp³-hybridized carbons (Fsp3) is 0.176. The maximum atomic E-state index is 13.0. The van der Waals surface area contributed by atoms with Crippen LogP contribution in [0.4, 0.5) is 4.39 Å². The number of aromatic nitrogens is 4. The number of hydrogen-bond donors (Lipinski definition) is 0. The third kappa shape index (κ3) is 3.35. The maximum Gasteiger partial charge on any atom is 0.191 e. The minimum atomic E-state index is -0.359. The van der Waals surface area contributed by atoms with Gasteiger partial charge in [-0.15, -0.1) is 10.2 Å². The van der Waals surface area contributed by atoms with Crippen molar-refractivity contribution >= 4 is 17.5 Å². The molecule has 1 aromatic carbocycles. The Hall–Kier alpha value is -2.54. The van der Waals surface area contributed by atoms with Crippen molar-refractivity contribution in [3.8, 4) is 11.4 Å². The van der Waals surface area contributed by atoms with Gasteiger partial charge in [-0.25, -0.2) is 4.39 Å². The van der Waals surface area contributed by atoms with E-state index in [9.17, 15) is 9.18 Å². The average molecular weight is 342 g/mol. The summed E-state index contributed by atoms with van der Waals surface area (Å²) in [6.07, 6.45) is 3.38. The van der Waals surface area contributed by atoms with E-state index in [0.717, 1.165) is 5.56 Å². The first kappa shape index (κ1) is 16.3. The second-order valence-corrected chi connectivity index (χ2v) is 6.54. The van der Waals surface area contributed by atoms with Crippen molar-refractivity contribution in [2.45, 2.75) is 17.3 Å². The first-order chi connectivity index (χ1) is 11.6. The van der Waals surface area contributed by atoms with Crippen molar-refractivity contribution in [1.82, 2.24) is 19.7 Å². The summed E-state index contributed by atoms with van der Waals surface area (Å²) in [7, 11) is 1.85. The molecule has 5 nitrogen and oxygen atoms in total. The topological polar surface area (TPSA) is 60.7 Å². The minimum Gasteiger partial charge on any atom is -0.305 e. The van der Waals surface area contributed by atoms with Crippen LogP contribution in [-0.2, 0) is 7.05 Å². The highest BCUT2D eigenvalue weighted by molar-refractivity contribution is 8.00. The standard InChI is InChI=1S/C17H15FN4OS/c1-11(15(23)12-3-5-14(18)6-4-12)24-17-21-20-16(22(17)2)13-7-9-19-10-8-13/h3-11H,1-2H3. The highest BCUT2D eigenvalue weighted by atomic mass is 32.2. The van der Waals surface area contributed by atoms with Crippen LogP contribution >= 0.6 is 11.8 Å². The van der Waals surface area contributed by atoms with Gasteiger partial charge in [0, 0.05) is 30.6 Å². The number of thioether (sulfide) groups is 1. The summed E-state index contributed by atoms with van der Waals surface area (Å²) in [5.74, 6) is 0.275. The van der Waals surface area contributed by atoms with Crippen LogP contribution in [0.25, 0.3) is 11.4 Å². The molecule has 0 spiro atoms. The number of rotatable bonds is 5. The summed E-state index contributed by atoms with van der Waals surface area (Å²) >= 11 is 1.32. The van der Waals surface area contributed by atoms with Crippen LogP contribution < -0.4 is 0 Å². The van der Waals surface area contributed by atoms with Crippen molar-refractivity contribution in [2.24, 2.45) is 7.05 Å². The van der Waals surface area contributed by atoms with Gasteiger partial charge < -0.3 is 4.57 Å². The van der Waals surface area contributed by atoms with Crippen LogP contribution in [-0.4, -0.2) is 30.8 Å². The molecule has 0 fully saturated rings. The Morgan fingerprint density at radius 1 is 1.12 bits per heavy atom. The number of carbonyl (C=O) groups is 1. The molecule has 24 heavy (non-hydrogen) atoms. The van der Waals surface area contributed by atoms with Crippen LogP contribution in [0.5, 0.6) is 0 Å². The smallest absolute Gasteiger partial charge is 0.191 e. The van der Waals surface area contributed by atoms with E-state index in [0.29, 0.717) is 16.5 Å². The minimum absolute atomic E-state index is 0.0755. The first-order valence-corrected chi connectivity index (χ1v) is 8.20. The van der Waals surface area contributed by atoms with Gasteiger partial charge in [0.15, 0.2) is 16.8 Å². The van der Waals surface area contributed by atoms with Crippen molar-refractivity contribution < 1.29 is 9.18 Å². The van der Waals surface area contributed by atoms with Crippen LogP contribution in [0.3, 0.4) is 0 Å². The zero-order chi connectivity index (χ0) is 17.1. The first-order valence-electron chi connectivity index (χ1n) is 7.32. The number of nitrogens with zero attached hydrogens (tertiary/aromatic N) is 4. The fourth-order valence-corrected chi connectivity index (χ4v) is 3.12. The Balaban J connectivity index is 1.78. The van der Waals surface area contributed by atoms with E-state index in [-0.39, 0.29) is 16.9 Å².